The van der Waals surface area contributed by atoms with E-state index >= 15 is 0 Å². The molecular formula is C18H31N5O. The van der Waals surface area contributed by atoms with Crippen molar-refractivity contribution in [3.8, 4) is 0 Å². The molecule has 3 heterocycles. The molecule has 0 unspecified atom stereocenters. The highest BCUT2D eigenvalue weighted by Crippen LogP contribution is 2.29. The molecule has 2 aliphatic rings. The molecule has 2 fully saturated rings. The number of aromatic nitrogens is 2. The van der Waals surface area contributed by atoms with Gasteiger partial charge in [-0.15, -0.1) is 0 Å². The number of hydrogen-bond donors (Lipinski definition) is 1. The Bertz CT molecular complexity index is 518. The average molecular weight is 333 g/mol. The molecule has 0 saturated carbocycles. The van der Waals surface area contributed by atoms with Crippen molar-refractivity contribution in [2.75, 3.05) is 57.8 Å². The second-order valence-electron chi connectivity index (χ2n) is 7.28. The molecule has 6 heteroatoms. The number of piperazine rings is 1. The highest BCUT2D eigenvalue weighted by molar-refractivity contribution is 5.39. The van der Waals surface area contributed by atoms with Crippen LogP contribution in [0.25, 0.3) is 0 Å². The van der Waals surface area contributed by atoms with Gasteiger partial charge in [0.25, 0.3) is 0 Å². The van der Waals surface area contributed by atoms with Gasteiger partial charge in [-0.05, 0) is 39.2 Å². The van der Waals surface area contributed by atoms with Crippen LogP contribution in [0.15, 0.2) is 12.4 Å². The number of aryl methyl sites for hydroxylation is 1. The summed E-state index contributed by atoms with van der Waals surface area (Å²) in [5, 5.41) is 9.29. The summed E-state index contributed by atoms with van der Waals surface area (Å²) >= 11 is 0. The Morgan fingerprint density at radius 2 is 1.96 bits per heavy atom. The van der Waals surface area contributed by atoms with E-state index in [0.29, 0.717) is 18.6 Å². The Kier molecular flexibility index (Phi) is 6.03. The third-order valence-electron chi connectivity index (χ3n) is 5.55. The third-order valence-corrected chi connectivity index (χ3v) is 5.55. The van der Waals surface area contributed by atoms with E-state index < -0.39 is 0 Å². The van der Waals surface area contributed by atoms with E-state index in [2.05, 4.69) is 37.8 Å². The summed E-state index contributed by atoms with van der Waals surface area (Å²) in [4.78, 5) is 16.2. The number of rotatable bonds is 5. The fourth-order valence-electron chi connectivity index (χ4n) is 4.11. The molecule has 1 N–H and O–H groups in total. The first-order valence-electron chi connectivity index (χ1n) is 9.24. The molecule has 2 saturated heterocycles. The third kappa shape index (κ3) is 4.23. The molecule has 0 aromatic carbocycles. The van der Waals surface area contributed by atoms with E-state index in [1.165, 1.54) is 19.5 Å². The first-order valence-corrected chi connectivity index (χ1v) is 9.24. The quantitative estimate of drug-likeness (QED) is 0.868. The van der Waals surface area contributed by atoms with Gasteiger partial charge in [0.05, 0.1) is 0 Å². The minimum atomic E-state index is 0.290. The van der Waals surface area contributed by atoms with E-state index in [1.807, 2.05) is 6.92 Å². The Morgan fingerprint density at radius 1 is 1.17 bits per heavy atom. The van der Waals surface area contributed by atoms with Crippen LogP contribution in [0.4, 0.5) is 5.82 Å². The minimum Gasteiger partial charge on any atom is -0.396 e. The summed E-state index contributed by atoms with van der Waals surface area (Å²) in [6, 6.07) is 2.73. The Morgan fingerprint density at radius 3 is 2.67 bits per heavy atom. The molecule has 2 atom stereocenters. The van der Waals surface area contributed by atoms with Gasteiger partial charge in [0.2, 0.25) is 0 Å². The minimum absolute atomic E-state index is 0.290. The number of nitrogens with zero attached hydrogens (tertiary/aromatic N) is 5. The normalized spacial score (nSPS) is 26.7. The highest BCUT2D eigenvalue weighted by Gasteiger charge is 2.34. The Balaban J connectivity index is 1.68. The number of aliphatic hydroxyl groups is 1. The van der Waals surface area contributed by atoms with Gasteiger partial charge in [-0.2, -0.15) is 0 Å². The molecule has 0 aliphatic carbocycles. The molecule has 1 aromatic heterocycles. The molecule has 1 aromatic rings. The molecular weight excluding hydrogens is 302 g/mol. The van der Waals surface area contributed by atoms with Crippen LogP contribution in [0.3, 0.4) is 0 Å². The highest BCUT2D eigenvalue weighted by atomic mass is 16.2. The van der Waals surface area contributed by atoms with E-state index in [1.54, 1.807) is 6.33 Å². The van der Waals surface area contributed by atoms with Gasteiger partial charge >= 0.3 is 0 Å². The predicted octanol–water partition coefficient (Wildman–Crippen LogP) is 1.000. The zero-order valence-corrected chi connectivity index (χ0v) is 15.1. The summed E-state index contributed by atoms with van der Waals surface area (Å²) in [5.74, 6) is 1.65. The van der Waals surface area contributed by atoms with Crippen LogP contribution in [0.2, 0.25) is 0 Å². The van der Waals surface area contributed by atoms with Crippen LogP contribution < -0.4 is 4.90 Å². The smallest absolute Gasteiger partial charge is 0.132 e. The SMILES string of the molecule is Cc1cc(N2CC[C@H](N3CCN(C)CC3)[C@H](CCCO)C2)ncn1. The summed E-state index contributed by atoms with van der Waals surface area (Å²) in [7, 11) is 2.21. The lowest BCUT2D eigenvalue weighted by molar-refractivity contribution is 0.0637. The van der Waals surface area contributed by atoms with Crippen LogP contribution in [-0.2, 0) is 0 Å². The maximum atomic E-state index is 9.29. The number of piperidine rings is 1. The predicted molar refractivity (Wildman–Crippen MR) is 96.3 cm³/mol. The van der Waals surface area contributed by atoms with Gasteiger partial charge in [0, 0.05) is 63.7 Å². The topological polar surface area (TPSA) is 55.7 Å². The van der Waals surface area contributed by atoms with Crippen molar-refractivity contribution in [2.45, 2.75) is 32.2 Å². The number of likely N-dealkylation sites (N-methyl/N-ethyl adjacent to an activating group) is 1. The molecule has 6 nitrogen and oxygen atoms in total. The monoisotopic (exact) mass is 333 g/mol. The van der Waals surface area contributed by atoms with Crippen molar-refractivity contribution >= 4 is 5.82 Å². The second kappa shape index (κ2) is 8.23. The van der Waals surface area contributed by atoms with Crippen molar-refractivity contribution in [1.29, 1.82) is 0 Å². The van der Waals surface area contributed by atoms with Gasteiger partial charge in [-0.1, -0.05) is 0 Å². The fourth-order valence-corrected chi connectivity index (χ4v) is 4.11. The fraction of sp³-hybridized carbons (Fsp3) is 0.778. The lowest BCUT2D eigenvalue weighted by Crippen LogP contribution is -2.56. The lowest BCUT2D eigenvalue weighted by atomic mass is 9.86. The zero-order chi connectivity index (χ0) is 16.9. The maximum absolute atomic E-state index is 9.29. The van der Waals surface area contributed by atoms with Gasteiger partial charge in [0.15, 0.2) is 0 Å². The Labute approximate surface area is 145 Å². The average Bonchev–Trinajstić information content (AvgIpc) is 2.60. The van der Waals surface area contributed by atoms with Crippen molar-refractivity contribution < 1.29 is 5.11 Å². The molecule has 0 radical (unpaired) electrons. The number of aliphatic hydroxyl groups excluding tert-OH is 1. The van der Waals surface area contributed by atoms with Gasteiger partial charge in [0.1, 0.15) is 12.1 Å². The first kappa shape index (κ1) is 17.6. The Hall–Kier alpha value is -1.24. The van der Waals surface area contributed by atoms with Crippen LogP contribution in [0.1, 0.15) is 25.0 Å². The van der Waals surface area contributed by atoms with Gasteiger partial charge < -0.3 is 14.9 Å². The van der Waals surface area contributed by atoms with E-state index in [4.69, 9.17) is 0 Å². The van der Waals surface area contributed by atoms with Crippen LogP contribution in [0, 0.1) is 12.8 Å². The van der Waals surface area contributed by atoms with Crippen molar-refractivity contribution in [2.24, 2.45) is 5.92 Å². The summed E-state index contributed by atoms with van der Waals surface area (Å²) in [6.07, 6.45) is 4.84. The van der Waals surface area contributed by atoms with E-state index in [9.17, 15) is 5.11 Å². The number of hydrogen-bond acceptors (Lipinski definition) is 6. The first-order chi connectivity index (χ1) is 11.7. The maximum Gasteiger partial charge on any atom is 0.132 e. The largest absolute Gasteiger partial charge is 0.396 e. The second-order valence-corrected chi connectivity index (χ2v) is 7.28. The summed E-state index contributed by atoms with van der Waals surface area (Å²) in [5.41, 5.74) is 1.02. The number of anilines is 1. The molecule has 3 rings (SSSR count). The zero-order valence-electron chi connectivity index (χ0n) is 15.1. The van der Waals surface area contributed by atoms with Crippen molar-refractivity contribution in [3.63, 3.8) is 0 Å². The molecule has 24 heavy (non-hydrogen) atoms. The van der Waals surface area contributed by atoms with E-state index in [0.717, 1.165) is 50.5 Å². The standard InChI is InChI=1S/C18H31N5O/c1-15-12-18(20-14-19-15)23-6-5-17(16(13-23)4-3-11-24)22-9-7-21(2)8-10-22/h12,14,16-17,24H,3-11,13H2,1-2H3/t16-,17+/m1/s1. The van der Waals surface area contributed by atoms with Crippen LogP contribution in [0.5, 0.6) is 0 Å². The molecule has 2 aliphatic heterocycles. The van der Waals surface area contributed by atoms with Crippen LogP contribution >= 0.6 is 0 Å². The van der Waals surface area contributed by atoms with E-state index in [-0.39, 0.29) is 0 Å². The summed E-state index contributed by atoms with van der Waals surface area (Å²) < 4.78 is 0. The summed E-state index contributed by atoms with van der Waals surface area (Å²) in [6.45, 7) is 9.07. The van der Waals surface area contributed by atoms with Crippen molar-refractivity contribution in [3.05, 3.63) is 18.1 Å². The van der Waals surface area contributed by atoms with Gasteiger partial charge in [-0.3, -0.25) is 4.90 Å². The van der Waals surface area contributed by atoms with Crippen molar-refractivity contribution in [1.82, 2.24) is 19.8 Å². The molecule has 0 amide bonds. The molecule has 134 valence electrons. The molecule has 0 spiro atoms. The van der Waals surface area contributed by atoms with Gasteiger partial charge in [-0.25, -0.2) is 9.97 Å². The molecule has 0 bridgehead atoms. The van der Waals surface area contributed by atoms with Crippen LogP contribution in [-0.4, -0.2) is 83.8 Å². The lowest BCUT2D eigenvalue weighted by Gasteiger charge is -2.46.